The molecule has 0 aliphatic heterocycles. The lowest BCUT2D eigenvalue weighted by atomic mass is 9.97. The van der Waals surface area contributed by atoms with Crippen LogP contribution in [0.25, 0.3) is 0 Å². The average molecular weight is 527 g/mol. The van der Waals surface area contributed by atoms with E-state index in [1.165, 1.54) is 26.4 Å². The van der Waals surface area contributed by atoms with Crippen molar-refractivity contribution in [1.82, 2.24) is 5.32 Å². The number of nitrogens with zero attached hydrogens (tertiary/aromatic N) is 1. The van der Waals surface area contributed by atoms with Gasteiger partial charge in [-0.05, 0) is 54.3 Å². The second-order valence-corrected chi connectivity index (χ2v) is 10.7. The van der Waals surface area contributed by atoms with Crippen LogP contribution in [0.15, 0.2) is 77.7 Å². The number of amides is 1. The molecular weight excluding hydrogens is 492 g/mol. The van der Waals surface area contributed by atoms with Crippen molar-refractivity contribution < 1.29 is 27.4 Å². The number of sulfonamides is 1. The summed E-state index contributed by atoms with van der Waals surface area (Å²) >= 11 is 0. The van der Waals surface area contributed by atoms with Crippen molar-refractivity contribution in [3.63, 3.8) is 0 Å². The predicted molar refractivity (Wildman–Crippen MR) is 144 cm³/mol. The molecule has 198 valence electrons. The minimum atomic E-state index is -4.07. The lowest BCUT2D eigenvalue weighted by Gasteiger charge is -2.27. The quantitative estimate of drug-likeness (QED) is 0.364. The third-order valence-electron chi connectivity index (χ3n) is 5.83. The summed E-state index contributed by atoms with van der Waals surface area (Å²) in [5, 5.41) is 3.04. The Bertz CT molecular complexity index is 1280. The summed E-state index contributed by atoms with van der Waals surface area (Å²) in [4.78, 5) is 13.4. The van der Waals surface area contributed by atoms with Gasteiger partial charge in [-0.3, -0.25) is 9.10 Å². The molecule has 0 aromatic heterocycles. The summed E-state index contributed by atoms with van der Waals surface area (Å²) in [6.07, 6.45) is 0.680. The Morgan fingerprint density at radius 3 is 2.08 bits per heavy atom. The molecular formula is C28H34N2O6S. The van der Waals surface area contributed by atoms with E-state index in [4.69, 9.17) is 14.2 Å². The molecule has 3 rings (SSSR count). The molecule has 0 saturated carbocycles. The van der Waals surface area contributed by atoms with Crippen LogP contribution in [0.5, 0.6) is 17.2 Å². The van der Waals surface area contributed by atoms with Crippen molar-refractivity contribution in [2.45, 2.75) is 31.2 Å². The highest BCUT2D eigenvalue weighted by atomic mass is 32.2. The fourth-order valence-corrected chi connectivity index (χ4v) is 5.41. The SMILES string of the molecule is COc1ccc([C@@H](CC(C)C)NC(=O)CN(c2ccc(OC)c(OC)c2)S(=O)(=O)c2ccccc2)cc1. The first-order chi connectivity index (χ1) is 17.7. The molecule has 0 fully saturated rings. The van der Waals surface area contributed by atoms with E-state index >= 15 is 0 Å². The van der Waals surface area contributed by atoms with Gasteiger partial charge >= 0.3 is 0 Å². The summed E-state index contributed by atoms with van der Waals surface area (Å²) < 4.78 is 44.4. The second kappa shape index (κ2) is 12.5. The maximum Gasteiger partial charge on any atom is 0.264 e. The summed E-state index contributed by atoms with van der Waals surface area (Å²) in [6.45, 7) is 3.72. The van der Waals surface area contributed by atoms with Gasteiger partial charge in [0.15, 0.2) is 11.5 Å². The molecule has 37 heavy (non-hydrogen) atoms. The molecule has 1 amide bonds. The normalized spacial score (nSPS) is 12.1. The van der Waals surface area contributed by atoms with Crippen molar-refractivity contribution in [2.24, 2.45) is 5.92 Å². The topological polar surface area (TPSA) is 94.2 Å². The summed E-state index contributed by atoms with van der Waals surface area (Å²) in [5.74, 6) is 1.37. The Labute approximate surface area is 219 Å². The first-order valence-corrected chi connectivity index (χ1v) is 13.4. The minimum absolute atomic E-state index is 0.0754. The largest absolute Gasteiger partial charge is 0.497 e. The number of rotatable bonds is 12. The number of carbonyl (C=O) groups excluding carboxylic acids is 1. The zero-order chi connectivity index (χ0) is 27.0. The van der Waals surface area contributed by atoms with E-state index < -0.39 is 22.5 Å². The van der Waals surface area contributed by atoms with Crippen LogP contribution in [0, 0.1) is 5.92 Å². The van der Waals surface area contributed by atoms with Gasteiger partial charge in [0, 0.05) is 6.07 Å². The van der Waals surface area contributed by atoms with E-state index in [0.717, 1.165) is 9.87 Å². The zero-order valence-electron chi connectivity index (χ0n) is 21.8. The van der Waals surface area contributed by atoms with E-state index in [1.54, 1.807) is 43.5 Å². The monoisotopic (exact) mass is 526 g/mol. The van der Waals surface area contributed by atoms with Crippen molar-refractivity contribution in [3.8, 4) is 17.2 Å². The lowest BCUT2D eigenvalue weighted by Crippen LogP contribution is -2.42. The molecule has 0 unspecified atom stereocenters. The van der Waals surface area contributed by atoms with Gasteiger partial charge in [0.2, 0.25) is 5.91 Å². The van der Waals surface area contributed by atoms with E-state index in [2.05, 4.69) is 19.2 Å². The highest BCUT2D eigenvalue weighted by Gasteiger charge is 2.29. The van der Waals surface area contributed by atoms with Crippen LogP contribution in [-0.2, 0) is 14.8 Å². The summed E-state index contributed by atoms with van der Waals surface area (Å²) in [7, 11) is 0.494. The minimum Gasteiger partial charge on any atom is -0.497 e. The van der Waals surface area contributed by atoms with Gasteiger partial charge < -0.3 is 19.5 Å². The fourth-order valence-electron chi connectivity index (χ4n) is 3.97. The van der Waals surface area contributed by atoms with Gasteiger partial charge in [-0.15, -0.1) is 0 Å². The fraction of sp³-hybridized carbons (Fsp3) is 0.321. The Kier molecular flexibility index (Phi) is 9.41. The van der Waals surface area contributed by atoms with Gasteiger partial charge in [-0.2, -0.15) is 0 Å². The summed E-state index contributed by atoms with van der Waals surface area (Å²) in [5.41, 5.74) is 1.19. The predicted octanol–water partition coefficient (Wildman–Crippen LogP) is 4.81. The Morgan fingerprint density at radius 1 is 0.865 bits per heavy atom. The number of benzene rings is 3. The molecule has 1 N–H and O–H groups in total. The van der Waals surface area contributed by atoms with Gasteiger partial charge in [-0.25, -0.2) is 8.42 Å². The number of carbonyl (C=O) groups is 1. The van der Waals surface area contributed by atoms with E-state index in [-0.39, 0.29) is 16.6 Å². The molecule has 8 nitrogen and oxygen atoms in total. The number of hydrogen-bond donors (Lipinski definition) is 1. The molecule has 3 aromatic rings. The number of hydrogen-bond acceptors (Lipinski definition) is 6. The van der Waals surface area contributed by atoms with E-state index in [0.29, 0.717) is 29.6 Å². The average Bonchev–Trinajstić information content (AvgIpc) is 2.91. The maximum atomic E-state index is 13.7. The first-order valence-electron chi connectivity index (χ1n) is 11.9. The van der Waals surface area contributed by atoms with Crippen LogP contribution >= 0.6 is 0 Å². The highest BCUT2D eigenvalue weighted by Crippen LogP contribution is 2.34. The van der Waals surface area contributed by atoms with Crippen LogP contribution in [-0.4, -0.2) is 42.2 Å². The molecule has 0 radical (unpaired) electrons. The van der Waals surface area contributed by atoms with Crippen molar-refractivity contribution >= 4 is 21.6 Å². The molecule has 0 aliphatic rings. The number of anilines is 1. The Balaban J connectivity index is 1.96. The molecule has 3 aromatic carbocycles. The molecule has 0 aliphatic carbocycles. The Hall–Kier alpha value is -3.72. The van der Waals surface area contributed by atoms with Crippen LogP contribution in [0.3, 0.4) is 0 Å². The van der Waals surface area contributed by atoms with Crippen LogP contribution in [0.4, 0.5) is 5.69 Å². The first kappa shape index (κ1) is 27.9. The molecule has 0 bridgehead atoms. The highest BCUT2D eigenvalue weighted by molar-refractivity contribution is 7.92. The van der Waals surface area contributed by atoms with Crippen molar-refractivity contribution in [1.29, 1.82) is 0 Å². The standard InChI is InChI=1S/C28H34N2O6S/c1-20(2)17-25(21-11-14-23(34-3)15-12-21)29-28(31)19-30(37(32,33)24-9-7-6-8-10-24)22-13-16-26(35-4)27(18-22)36-5/h6-16,18,20,25H,17,19H2,1-5H3,(H,29,31)/t25-/m1/s1. The van der Waals surface area contributed by atoms with Crippen LogP contribution in [0.1, 0.15) is 31.9 Å². The summed E-state index contributed by atoms with van der Waals surface area (Å²) in [6, 6.07) is 19.9. The smallest absolute Gasteiger partial charge is 0.264 e. The van der Waals surface area contributed by atoms with Crippen molar-refractivity contribution in [3.05, 3.63) is 78.4 Å². The maximum absolute atomic E-state index is 13.7. The number of nitrogens with one attached hydrogen (secondary N) is 1. The lowest BCUT2D eigenvalue weighted by molar-refractivity contribution is -0.120. The number of ether oxygens (including phenoxy) is 3. The van der Waals surface area contributed by atoms with Gasteiger partial charge in [0.1, 0.15) is 12.3 Å². The second-order valence-electron chi connectivity index (χ2n) is 8.89. The Morgan fingerprint density at radius 2 is 1.51 bits per heavy atom. The molecule has 0 saturated heterocycles. The third-order valence-corrected chi connectivity index (χ3v) is 7.62. The van der Waals surface area contributed by atoms with E-state index in [9.17, 15) is 13.2 Å². The van der Waals surface area contributed by atoms with Gasteiger partial charge in [-0.1, -0.05) is 44.2 Å². The molecule has 0 heterocycles. The molecule has 0 spiro atoms. The zero-order valence-corrected chi connectivity index (χ0v) is 22.6. The molecule has 9 heteroatoms. The van der Waals surface area contributed by atoms with Gasteiger partial charge in [0.05, 0.1) is 38.0 Å². The van der Waals surface area contributed by atoms with Crippen molar-refractivity contribution in [2.75, 3.05) is 32.2 Å². The number of methoxy groups -OCH3 is 3. The van der Waals surface area contributed by atoms with Crippen LogP contribution < -0.4 is 23.8 Å². The van der Waals surface area contributed by atoms with E-state index in [1.807, 2.05) is 24.3 Å². The molecule has 1 atom stereocenters. The van der Waals surface area contributed by atoms with Gasteiger partial charge in [0.25, 0.3) is 10.0 Å². The third kappa shape index (κ3) is 6.95. The van der Waals surface area contributed by atoms with Crippen LogP contribution in [0.2, 0.25) is 0 Å².